The molecular weight excluding hydrogens is 286 g/mol. The molecule has 116 valence electrons. The van der Waals surface area contributed by atoms with Gasteiger partial charge in [0.2, 0.25) is 5.91 Å². The van der Waals surface area contributed by atoms with Crippen molar-refractivity contribution >= 4 is 17.7 Å². The number of nitrogens with one attached hydrogen (secondary N) is 2. The third-order valence-corrected chi connectivity index (χ3v) is 5.03. The van der Waals surface area contributed by atoms with Crippen molar-refractivity contribution in [1.29, 1.82) is 0 Å². The van der Waals surface area contributed by atoms with Crippen molar-refractivity contribution in [3.8, 4) is 0 Å². The SMILES string of the molecule is CCc1nc(S[C@@H]2C[C@H](C(C)(C)C)NC2=O)[nH]c(=O)c1C. The molecule has 5 nitrogen and oxygen atoms in total. The van der Waals surface area contributed by atoms with Gasteiger partial charge in [-0.15, -0.1) is 0 Å². The molecule has 21 heavy (non-hydrogen) atoms. The van der Waals surface area contributed by atoms with Crippen LogP contribution < -0.4 is 10.9 Å². The number of hydrogen-bond donors (Lipinski definition) is 2. The number of carbonyl (C=O) groups excluding carboxylic acids is 1. The number of aryl methyl sites for hydroxylation is 1. The fraction of sp³-hybridized carbons (Fsp3) is 0.667. The molecule has 1 aliphatic heterocycles. The van der Waals surface area contributed by atoms with Crippen LogP contribution >= 0.6 is 11.8 Å². The van der Waals surface area contributed by atoms with E-state index >= 15 is 0 Å². The molecule has 1 aliphatic rings. The van der Waals surface area contributed by atoms with Crippen LogP contribution in [0.25, 0.3) is 0 Å². The average molecular weight is 309 g/mol. The molecule has 0 aliphatic carbocycles. The maximum absolute atomic E-state index is 12.1. The van der Waals surface area contributed by atoms with Crippen LogP contribution in [0, 0.1) is 12.3 Å². The smallest absolute Gasteiger partial charge is 0.254 e. The number of nitrogens with zero attached hydrogens (tertiary/aromatic N) is 1. The number of rotatable bonds is 3. The molecule has 0 aromatic carbocycles. The van der Waals surface area contributed by atoms with Gasteiger partial charge >= 0.3 is 0 Å². The topological polar surface area (TPSA) is 74.8 Å². The van der Waals surface area contributed by atoms with Crippen LogP contribution in [0.3, 0.4) is 0 Å². The van der Waals surface area contributed by atoms with Crippen molar-refractivity contribution in [1.82, 2.24) is 15.3 Å². The molecule has 2 atom stereocenters. The molecule has 2 rings (SSSR count). The average Bonchev–Trinajstić information content (AvgIpc) is 2.75. The molecule has 1 aromatic heterocycles. The first-order valence-electron chi connectivity index (χ1n) is 7.29. The highest BCUT2D eigenvalue weighted by molar-refractivity contribution is 8.00. The van der Waals surface area contributed by atoms with E-state index in [0.29, 0.717) is 17.1 Å². The largest absolute Gasteiger partial charge is 0.352 e. The Kier molecular flexibility index (Phi) is 4.46. The highest BCUT2D eigenvalue weighted by Crippen LogP contribution is 2.33. The molecule has 2 N–H and O–H groups in total. The lowest BCUT2D eigenvalue weighted by molar-refractivity contribution is -0.119. The van der Waals surface area contributed by atoms with Gasteiger partial charge in [-0.25, -0.2) is 4.98 Å². The summed E-state index contributed by atoms with van der Waals surface area (Å²) in [5, 5.41) is 3.39. The molecule has 0 saturated carbocycles. The number of aromatic nitrogens is 2. The van der Waals surface area contributed by atoms with Gasteiger partial charge in [0.15, 0.2) is 5.16 Å². The zero-order valence-corrected chi connectivity index (χ0v) is 14.1. The molecule has 1 fully saturated rings. The van der Waals surface area contributed by atoms with E-state index in [0.717, 1.165) is 12.1 Å². The minimum atomic E-state index is -0.190. The van der Waals surface area contributed by atoms with Crippen LogP contribution in [0.1, 0.15) is 45.4 Å². The normalized spacial score (nSPS) is 22.4. The number of aromatic amines is 1. The van der Waals surface area contributed by atoms with E-state index in [2.05, 4.69) is 36.1 Å². The minimum absolute atomic E-state index is 0.0289. The highest BCUT2D eigenvalue weighted by Gasteiger charge is 2.39. The Labute approximate surface area is 129 Å². The molecule has 6 heteroatoms. The van der Waals surface area contributed by atoms with Crippen molar-refractivity contribution in [3.05, 3.63) is 21.6 Å². The number of hydrogen-bond acceptors (Lipinski definition) is 4. The van der Waals surface area contributed by atoms with E-state index in [1.165, 1.54) is 11.8 Å². The minimum Gasteiger partial charge on any atom is -0.352 e. The van der Waals surface area contributed by atoms with Gasteiger partial charge in [0.1, 0.15) is 0 Å². The summed E-state index contributed by atoms with van der Waals surface area (Å²) in [6, 6.07) is 0.158. The lowest BCUT2D eigenvalue weighted by atomic mass is 9.86. The fourth-order valence-corrected chi connectivity index (χ4v) is 3.46. The first kappa shape index (κ1) is 16.1. The Hall–Kier alpha value is -1.30. The first-order valence-corrected chi connectivity index (χ1v) is 8.17. The Morgan fingerprint density at radius 2 is 2.00 bits per heavy atom. The van der Waals surface area contributed by atoms with Crippen LogP contribution in [0.15, 0.2) is 9.95 Å². The monoisotopic (exact) mass is 309 g/mol. The molecule has 0 unspecified atom stereocenters. The Morgan fingerprint density at radius 3 is 2.52 bits per heavy atom. The maximum atomic E-state index is 12.1. The van der Waals surface area contributed by atoms with E-state index < -0.39 is 0 Å². The van der Waals surface area contributed by atoms with Gasteiger partial charge in [-0.1, -0.05) is 39.5 Å². The van der Waals surface area contributed by atoms with E-state index in [1.54, 1.807) is 6.92 Å². The lowest BCUT2D eigenvalue weighted by Crippen LogP contribution is -2.36. The molecule has 1 saturated heterocycles. The van der Waals surface area contributed by atoms with Crippen molar-refractivity contribution in [2.24, 2.45) is 5.41 Å². The summed E-state index contributed by atoms with van der Waals surface area (Å²) in [6.45, 7) is 10.1. The summed E-state index contributed by atoms with van der Waals surface area (Å²) in [5.41, 5.74) is 1.38. The summed E-state index contributed by atoms with van der Waals surface area (Å²) in [4.78, 5) is 31.2. The number of H-pyrrole nitrogens is 1. The van der Waals surface area contributed by atoms with Crippen LogP contribution in [0.2, 0.25) is 0 Å². The van der Waals surface area contributed by atoms with E-state index in [4.69, 9.17) is 0 Å². The van der Waals surface area contributed by atoms with Gasteiger partial charge in [-0.3, -0.25) is 9.59 Å². The zero-order valence-electron chi connectivity index (χ0n) is 13.2. The molecular formula is C15H23N3O2S. The third kappa shape index (κ3) is 3.48. The molecule has 0 bridgehead atoms. The van der Waals surface area contributed by atoms with Crippen molar-refractivity contribution in [2.75, 3.05) is 0 Å². The molecule has 0 spiro atoms. The first-order chi connectivity index (χ1) is 9.72. The lowest BCUT2D eigenvalue weighted by Gasteiger charge is -2.26. The van der Waals surface area contributed by atoms with Crippen LogP contribution in [-0.4, -0.2) is 27.2 Å². The van der Waals surface area contributed by atoms with Crippen LogP contribution in [0.5, 0.6) is 0 Å². The predicted molar refractivity (Wildman–Crippen MR) is 84.6 cm³/mol. The van der Waals surface area contributed by atoms with Crippen molar-refractivity contribution in [3.63, 3.8) is 0 Å². The summed E-state index contributed by atoms with van der Waals surface area (Å²) in [7, 11) is 0. The highest BCUT2D eigenvalue weighted by atomic mass is 32.2. The van der Waals surface area contributed by atoms with Gasteiger partial charge in [-0.05, 0) is 25.2 Å². The van der Waals surface area contributed by atoms with E-state index in [1.807, 2.05) is 6.92 Å². The fourth-order valence-electron chi connectivity index (χ4n) is 2.41. The van der Waals surface area contributed by atoms with Gasteiger partial charge in [0.05, 0.1) is 10.9 Å². The van der Waals surface area contributed by atoms with Gasteiger partial charge in [0, 0.05) is 11.6 Å². The summed E-state index contributed by atoms with van der Waals surface area (Å²) in [6.07, 6.45) is 1.47. The predicted octanol–water partition coefficient (Wildman–Crippen LogP) is 2.04. The number of amides is 1. The Bertz CT molecular complexity index is 604. The Morgan fingerprint density at radius 1 is 1.33 bits per heavy atom. The summed E-state index contributed by atoms with van der Waals surface area (Å²) in [5.74, 6) is 0.0289. The second-order valence-corrected chi connectivity index (χ2v) is 7.76. The second kappa shape index (κ2) is 5.83. The van der Waals surface area contributed by atoms with Crippen molar-refractivity contribution in [2.45, 2.75) is 63.9 Å². The van der Waals surface area contributed by atoms with Crippen molar-refractivity contribution < 1.29 is 4.79 Å². The quantitative estimate of drug-likeness (QED) is 0.838. The van der Waals surface area contributed by atoms with Gasteiger partial charge in [0.25, 0.3) is 5.56 Å². The Balaban J connectivity index is 2.18. The standard InChI is InChI=1S/C15H23N3O2S/c1-6-9-8(2)12(19)18-14(16-9)21-10-7-11(15(3,4)5)17-13(10)20/h10-11H,6-7H2,1-5H3,(H,17,20)(H,16,18,19)/t10-,11-/m1/s1. The zero-order chi connectivity index (χ0) is 15.8. The second-order valence-electron chi connectivity index (χ2n) is 6.57. The van der Waals surface area contributed by atoms with Crippen LogP contribution in [-0.2, 0) is 11.2 Å². The van der Waals surface area contributed by atoms with Gasteiger partial charge in [-0.2, -0.15) is 0 Å². The summed E-state index contributed by atoms with van der Waals surface area (Å²) >= 11 is 1.35. The molecule has 1 aromatic rings. The number of carbonyl (C=O) groups is 1. The number of thioether (sulfide) groups is 1. The van der Waals surface area contributed by atoms with Crippen LogP contribution in [0.4, 0.5) is 0 Å². The third-order valence-electron chi connectivity index (χ3n) is 3.92. The van der Waals surface area contributed by atoms with E-state index in [-0.39, 0.29) is 28.2 Å². The summed E-state index contributed by atoms with van der Waals surface area (Å²) < 4.78 is 0. The molecule has 1 amide bonds. The van der Waals surface area contributed by atoms with E-state index in [9.17, 15) is 9.59 Å². The van der Waals surface area contributed by atoms with Gasteiger partial charge < -0.3 is 10.3 Å². The molecule has 0 radical (unpaired) electrons. The molecule has 2 heterocycles. The maximum Gasteiger partial charge on any atom is 0.254 e.